The number of hydrogen-bond acceptors (Lipinski definition) is 3. The Bertz CT molecular complexity index is 1430. The number of hydrogen-bond donors (Lipinski definition) is 3. The van der Waals surface area contributed by atoms with Crippen molar-refractivity contribution in [3.8, 4) is 0 Å². The van der Waals surface area contributed by atoms with E-state index >= 15 is 0 Å². The molecule has 4 aromatic rings. The van der Waals surface area contributed by atoms with E-state index < -0.39 is 17.7 Å². The van der Waals surface area contributed by atoms with Gasteiger partial charge in [0.1, 0.15) is 5.69 Å². The second kappa shape index (κ2) is 11.1. The van der Waals surface area contributed by atoms with Crippen molar-refractivity contribution in [2.75, 3.05) is 16.1 Å². The van der Waals surface area contributed by atoms with E-state index in [1.54, 1.807) is 42.5 Å². The SMILES string of the molecule is CCCCc1ccc(NC(=O)C(=O)Nn2c(C(=O)Nc3ccccc3C)cc3cc(Cl)ccc32)cc1. The van der Waals surface area contributed by atoms with Gasteiger partial charge in [0, 0.05) is 21.8 Å². The van der Waals surface area contributed by atoms with Crippen LogP contribution in [-0.4, -0.2) is 22.4 Å². The van der Waals surface area contributed by atoms with Gasteiger partial charge in [-0.15, -0.1) is 0 Å². The van der Waals surface area contributed by atoms with Gasteiger partial charge in [0.2, 0.25) is 0 Å². The average molecular weight is 503 g/mol. The standard InChI is InChI=1S/C28H27ClN4O3/c1-3-4-8-19-10-13-22(14-11-19)30-27(35)28(36)32-33-24-15-12-21(29)16-20(24)17-25(33)26(34)31-23-9-6-5-7-18(23)2/h5-7,9-17H,3-4,8H2,1-2H3,(H,30,35)(H,31,34)(H,32,36). The van der Waals surface area contributed by atoms with Crippen LogP contribution in [0.15, 0.2) is 72.8 Å². The fourth-order valence-electron chi connectivity index (χ4n) is 3.85. The zero-order valence-electron chi connectivity index (χ0n) is 20.1. The summed E-state index contributed by atoms with van der Waals surface area (Å²) in [4.78, 5) is 38.6. The van der Waals surface area contributed by atoms with Crippen molar-refractivity contribution in [2.24, 2.45) is 0 Å². The van der Waals surface area contributed by atoms with E-state index in [1.165, 1.54) is 10.2 Å². The number of benzene rings is 3. The number of amides is 3. The number of fused-ring (bicyclic) bond motifs is 1. The van der Waals surface area contributed by atoms with Gasteiger partial charge in [-0.1, -0.05) is 55.3 Å². The summed E-state index contributed by atoms with van der Waals surface area (Å²) in [5.41, 5.74) is 6.44. The van der Waals surface area contributed by atoms with Crippen molar-refractivity contribution >= 4 is 51.6 Å². The summed E-state index contributed by atoms with van der Waals surface area (Å²) in [6.07, 6.45) is 3.15. The Morgan fingerprint density at radius 3 is 2.36 bits per heavy atom. The van der Waals surface area contributed by atoms with Gasteiger partial charge in [0.05, 0.1) is 5.52 Å². The molecule has 1 heterocycles. The first-order chi connectivity index (χ1) is 17.4. The van der Waals surface area contributed by atoms with E-state index in [4.69, 9.17) is 11.6 Å². The lowest BCUT2D eigenvalue weighted by atomic mass is 10.1. The van der Waals surface area contributed by atoms with E-state index in [1.807, 2.05) is 37.3 Å². The molecule has 8 heteroatoms. The lowest BCUT2D eigenvalue weighted by Gasteiger charge is -2.13. The largest absolute Gasteiger partial charge is 0.328 e. The number of rotatable bonds is 7. The van der Waals surface area contributed by atoms with Crippen LogP contribution in [0.2, 0.25) is 5.02 Å². The smallest absolute Gasteiger partial charge is 0.320 e. The Morgan fingerprint density at radius 1 is 0.889 bits per heavy atom. The summed E-state index contributed by atoms with van der Waals surface area (Å²) in [6, 6.07) is 21.4. The van der Waals surface area contributed by atoms with Gasteiger partial charge in [0.15, 0.2) is 0 Å². The zero-order chi connectivity index (χ0) is 25.7. The number of aromatic nitrogens is 1. The Hall–Kier alpha value is -4.10. The van der Waals surface area contributed by atoms with Crippen LogP contribution in [0.25, 0.3) is 10.9 Å². The number of unbranched alkanes of at least 4 members (excludes halogenated alkanes) is 1. The monoisotopic (exact) mass is 502 g/mol. The van der Waals surface area contributed by atoms with E-state index in [0.29, 0.717) is 27.3 Å². The number of aryl methyl sites for hydroxylation is 2. The highest BCUT2D eigenvalue weighted by molar-refractivity contribution is 6.42. The topological polar surface area (TPSA) is 92.2 Å². The van der Waals surface area contributed by atoms with Crippen LogP contribution >= 0.6 is 11.6 Å². The summed E-state index contributed by atoms with van der Waals surface area (Å²) in [5, 5.41) is 6.59. The highest BCUT2D eigenvalue weighted by Crippen LogP contribution is 2.24. The summed E-state index contributed by atoms with van der Waals surface area (Å²) in [7, 11) is 0. The van der Waals surface area contributed by atoms with Crippen molar-refractivity contribution < 1.29 is 14.4 Å². The fourth-order valence-corrected chi connectivity index (χ4v) is 4.03. The molecule has 1 aromatic heterocycles. The second-order valence-electron chi connectivity index (χ2n) is 8.53. The van der Waals surface area contributed by atoms with Crippen molar-refractivity contribution in [1.82, 2.24) is 4.68 Å². The average Bonchev–Trinajstić information content (AvgIpc) is 3.22. The van der Waals surface area contributed by atoms with Crippen LogP contribution in [0.4, 0.5) is 11.4 Å². The van der Waals surface area contributed by atoms with E-state index in [-0.39, 0.29) is 5.69 Å². The molecule has 0 bridgehead atoms. The van der Waals surface area contributed by atoms with Crippen molar-refractivity contribution in [3.05, 3.63) is 94.6 Å². The zero-order valence-corrected chi connectivity index (χ0v) is 20.9. The maximum absolute atomic E-state index is 13.2. The normalized spacial score (nSPS) is 10.8. The molecular formula is C28H27ClN4O3. The quantitative estimate of drug-likeness (QED) is 0.274. The maximum atomic E-state index is 13.2. The molecule has 4 rings (SSSR count). The second-order valence-corrected chi connectivity index (χ2v) is 8.97. The number of halogens is 1. The number of carbonyl (C=O) groups excluding carboxylic acids is 3. The third kappa shape index (κ3) is 5.75. The number of nitrogens with zero attached hydrogens (tertiary/aromatic N) is 1. The van der Waals surface area contributed by atoms with Gasteiger partial charge in [-0.2, -0.15) is 0 Å². The molecule has 3 N–H and O–H groups in total. The summed E-state index contributed by atoms with van der Waals surface area (Å²) in [5.74, 6) is -2.21. The first-order valence-electron chi connectivity index (χ1n) is 11.7. The van der Waals surface area contributed by atoms with Crippen LogP contribution in [0.1, 0.15) is 41.4 Å². The van der Waals surface area contributed by atoms with Crippen molar-refractivity contribution in [3.63, 3.8) is 0 Å². The summed E-state index contributed by atoms with van der Waals surface area (Å²) in [6.45, 7) is 4.01. The molecule has 3 aromatic carbocycles. The summed E-state index contributed by atoms with van der Waals surface area (Å²) < 4.78 is 1.30. The van der Waals surface area contributed by atoms with Gasteiger partial charge in [0.25, 0.3) is 5.91 Å². The molecule has 0 saturated carbocycles. The highest BCUT2D eigenvalue weighted by atomic mass is 35.5. The molecule has 7 nitrogen and oxygen atoms in total. The van der Waals surface area contributed by atoms with Gasteiger partial charge in [-0.3, -0.25) is 19.8 Å². The van der Waals surface area contributed by atoms with Crippen LogP contribution in [-0.2, 0) is 16.0 Å². The minimum absolute atomic E-state index is 0.150. The molecule has 36 heavy (non-hydrogen) atoms. The van der Waals surface area contributed by atoms with Crippen molar-refractivity contribution in [2.45, 2.75) is 33.1 Å². The van der Waals surface area contributed by atoms with Crippen LogP contribution < -0.4 is 16.1 Å². The molecule has 0 radical (unpaired) electrons. The lowest BCUT2D eigenvalue weighted by Crippen LogP contribution is -2.36. The number of para-hydroxylation sites is 1. The Labute approximate surface area is 214 Å². The number of carbonyl (C=O) groups is 3. The van der Waals surface area contributed by atoms with Gasteiger partial charge < -0.3 is 10.6 Å². The molecule has 0 aliphatic rings. The van der Waals surface area contributed by atoms with E-state index in [0.717, 1.165) is 24.8 Å². The maximum Gasteiger partial charge on any atom is 0.328 e. The predicted molar refractivity (Wildman–Crippen MR) is 144 cm³/mol. The number of anilines is 2. The van der Waals surface area contributed by atoms with Gasteiger partial charge >= 0.3 is 11.8 Å². The first kappa shape index (κ1) is 25.0. The molecule has 184 valence electrons. The first-order valence-corrected chi connectivity index (χ1v) is 12.1. The minimum Gasteiger partial charge on any atom is -0.320 e. The molecule has 0 aliphatic heterocycles. The highest BCUT2D eigenvalue weighted by Gasteiger charge is 2.21. The summed E-state index contributed by atoms with van der Waals surface area (Å²) >= 11 is 6.13. The molecule has 0 spiro atoms. The van der Waals surface area contributed by atoms with Crippen LogP contribution in [0, 0.1) is 6.92 Å². The Morgan fingerprint density at radius 2 is 1.64 bits per heavy atom. The number of nitrogens with one attached hydrogen (secondary N) is 3. The fraction of sp³-hybridized carbons (Fsp3) is 0.179. The van der Waals surface area contributed by atoms with Gasteiger partial charge in [-0.05, 0) is 73.4 Å². The predicted octanol–water partition coefficient (Wildman–Crippen LogP) is 5.91. The molecule has 0 unspecified atom stereocenters. The van der Waals surface area contributed by atoms with Gasteiger partial charge in [-0.25, -0.2) is 4.68 Å². The molecular weight excluding hydrogens is 476 g/mol. The Kier molecular flexibility index (Phi) is 7.71. The van der Waals surface area contributed by atoms with Crippen LogP contribution in [0.5, 0.6) is 0 Å². The Balaban J connectivity index is 1.55. The molecule has 0 atom stereocenters. The molecule has 0 aliphatic carbocycles. The minimum atomic E-state index is -0.914. The third-order valence-corrected chi connectivity index (χ3v) is 6.07. The van der Waals surface area contributed by atoms with Crippen molar-refractivity contribution in [1.29, 1.82) is 0 Å². The molecule has 3 amide bonds. The third-order valence-electron chi connectivity index (χ3n) is 5.84. The lowest BCUT2D eigenvalue weighted by molar-refractivity contribution is -0.133. The molecule has 0 fully saturated rings. The van der Waals surface area contributed by atoms with Crippen LogP contribution in [0.3, 0.4) is 0 Å². The van der Waals surface area contributed by atoms with E-state index in [2.05, 4.69) is 23.0 Å². The van der Waals surface area contributed by atoms with E-state index in [9.17, 15) is 14.4 Å². The molecule has 0 saturated heterocycles.